The first kappa shape index (κ1) is 74.8. The van der Waals surface area contributed by atoms with Gasteiger partial charge in [-0.15, -0.1) is 0 Å². The van der Waals surface area contributed by atoms with Crippen LogP contribution in [0.2, 0.25) is 0 Å². The Kier molecular flexibility index (Phi) is 18.3. The fourth-order valence-electron chi connectivity index (χ4n) is 12.3. The van der Waals surface area contributed by atoms with Gasteiger partial charge in [0.1, 0.15) is 36.5 Å². The normalized spacial score (nSPS) is 21.4. The summed E-state index contributed by atoms with van der Waals surface area (Å²) in [4.78, 5) is 119. The van der Waals surface area contributed by atoms with E-state index in [1.54, 1.807) is 0 Å². The van der Waals surface area contributed by atoms with Gasteiger partial charge in [0.15, 0.2) is 153 Å². The van der Waals surface area contributed by atoms with Crippen molar-refractivity contribution in [2.45, 2.75) is 61.4 Å². The largest absolute Gasteiger partial charge is 0.504 e. The van der Waals surface area contributed by atoms with Crippen LogP contribution in [0.1, 0.15) is 82.9 Å². The average Bonchev–Trinajstić information content (AvgIpc) is 1.19. The van der Waals surface area contributed by atoms with E-state index in [1.165, 1.54) is 0 Å². The Hall–Kier alpha value is -15.4. The Bertz CT molecular complexity index is 5420. The molecule has 0 unspecified atom stereocenters. The van der Waals surface area contributed by atoms with E-state index in [-0.39, 0.29) is 30.3 Å². The van der Waals surface area contributed by atoms with Gasteiger partial charge in [-0.05, 0) is 36.4 Å². The lowest BCUT2D eigenvalue weighted by Crippen LogP contribution is -2.62. The molecule has 0 radical (unpaired) electrons. The Balaban J connectivity index is 1.08. The lowest BCUT2D eigenvalue weighted by molar-refractivity contribution is -0.284. The van der Waals surface area contributed by atoms with Gasteiger partial charge in [-0.3, -0.25) is 0 Å². The van der Waals surface area contributed by atoms with Crippen LogP contribution in [0.5, 0.6) is 149 Å². The van der Waals surface area contributed by atoms with E-state index in [0.29, 0.717) is 30.3 Å². The maximum Gasteiger partial charge on any atom is 0.342 e. The zero-order valence-electron chi connectivity index (χ0n) is 54.9. The third-order valence-corrected chi connectivity index (χ3v) is 17.7. The van der Waals surface area contributed by atoms with E-state index in [9.17, 15) is 142 Å². The quantitative estimate of drug-likeness (QED) is 0.0682. The monoisotopic (exact) mass is 1570 g/mol. The van der Waals surface area contributed by atoms with Gasteiger partial charge in [0, 0.05) is 46.5 Å². The number of esters is 8. The molecule has 44 heteroatoms. The second kappa shape index (κ2) is 27.4. The van der Waals surface area contributed by atoms with Crippen molar-refractivity contribution in [2.24, 2.45) is 0 Å². The van der Waals surface area contributed by atoms with Crippen LogP contribution in [-0.2, 0) is 47.4 Å². The van der Waals surface area contributed by atoms with Gasteiger partial charge >= 0.3 is 47.8 Å². The highest BCUT2D eigenvalue weighted by molar-refractivity contribution is 6.10. The molecule has 6 heterocycles. The second-order valence-corrected chi connectivity index (χ2v) is 24.4. The molecule has 8 aromatic rings. The summed E-state index contributed by atoms with van der Waals surface area (Å²) in [6.07, 6.45) is -27.7. The highest BCUT2D eigenvalue weighted by Gasteiger charge is 2.56. The first-order valence-electron chi connectivity index (χ1n) is 31.2. The van der Waals surface area contributed by atoms with E-state index in [1.807, 2.05) is 0 Å². The number of carbonyl (C=O) groups excluding carboxylic acids is 8. The summed E-state index contributed by atoms with van der Waals surface area (Å²) >= 11 is 0. The molecular formula is C68H48O44. The van der Waals surface area contributed by atoms with E-state index in [0.717, 1.165) is 0 Å². The van der Waals surface area contributed by atoms with Crippen molar-refractivity contribution in [1.82, 2.24) is 0 Å². The Morgan fingerprint density at radius 3 is 0.893 bits per heavy atom. The molecule has 584 valence electrons. The lowest BCUT2D eigenvalue weighted by Gasteiger charge is -2.42. The third-order valence-electron chi connectivity index (χ3n) is 17.7. The molecule has 0 aliphatic carbocycles. The predicted molar refractivity (Wildman–Crippen MR) is 344 cm³/mol. The van der Waals surface area contributed by atoms with Gasteiger partial charge in [0.2, 0.25) is 46.0 Å². The van der Waals surface area contributed by atoms with Crippen molar-refractivity contribution >= 4 is 47.8 Å². The van der Waals surface area contributed by atoms with Gasteiger partial charge in [0.05, 0.1) is 33.4 Å². The molecule has 0 spiro atoms. The van der Waals surface area contributed by atoms with E-state index in [2.05, 4.69) is 0 Å². The molecule has 0 amide bonds. The predicted octanol–water partition coefficient (Wildman–Crippen LogP) is 2.17. The van der Waals surface area contributed by atoms with Crippen LogP contribution in [-0.4, -0.2) is 245 Å². The van der Waals surface area contributed by atoms with Crippen molar-refractivity contribution in [3.05, 3.63) is 105 Å². The summed E-state index contributed by atoms with van der Waals surface area (Å²) in [6.45, 7) is -2.98. The molecule has 6 aliphatic rings. The number of carbonyl (C=O) groups is 8. The number of benzene rings is 8. The van der Waals surface area contributed by atoms with Crippen LogP contribution in [0.3, 0.4) is 0 Å². The van der Waals surface area contributed by atoms with E-state index in [4.69, 9.17) is 56.8 Å². The number of aliphatic hydroxyl groups is 2. The summed E-state index contributed by atoms with van der Waals surface area (Å²) in [7, 11) is 0. The SMILES string of the molecule is O=C(O[C@@H]1[C@H]2OC(=O)c3cc(O)c(O)c(O)c3Oc3cc4c(c(O)c3O)-c3c(cc(O)c(O)c3O)C(=O)O[C@@H]3[C@H](OC(=O)c5cc(O)c(O)c(O)c5)[C@H](OC(=O)c5cc(O)c(O)c(O)c5Oc5cc6c(c(O)c5O)-c5c(cc(O)c(O)c5O)C(=O)OC[C@@H](O[C@H]2O)[C@H]1OC6=O)[C@@H](O)O[C@H]3COC4=O)c1cc(O)c(O)c(O)c1. The zero-order chi connectivity index (χ0) is 81.3. The number of rotatable bonds is 4. The maximum atomic E-state index is 15.5. The molecule has 10 atom stereocenters. The fourth-order valence-corrected chi connectivity index (χ4v) is 12.3. The zero-order valence-corrected chi connectivity index (χ0v) is 54.9. The highest BCUT2D eigenvalue weighted by Crippen LogP contribution is 2.59. The summed E-state index contributed by atoms with van der Waals surface area (Å²) in [5, 5.41) is 269. The van der Waals surface area contributed by atoms with E-state index >= 15 is 19.2 Å². The molecule has 112 heavy (non-hydrogen) atoms. The van der Waals surface area contributed by atoms with Gasteiger partial charge in [-0.1, -0.05) is 0 Å². The molecule has 8 aromatic carbocycles. The molecule has 2 fully saturated rings. The molecule has 9 bridgehead atoms. The van der Waals surface area contributed by atoms with Crippen LogP contribution in [0.4, 0.5) is 0 Å². The third kappa shape index (κ3) is 12.4. The van der Waals surface area contributed by atoms with Crippen LogP contribution in [0.25, 0.3) is 22.3 Å². The van der Waals surface area contributed by atoms with Gasteiger partial charge in [-0.2, -0.15) is 0 Å². The number of phenols is 22. The molecule has 6 aliphatic heterocycles. The number of ether oxygens (including phenoxy) is 12. The molecule has 24 N–H and O–H groups in total. The first-order valence-corrected chi connectivity index (χ1v) is 31.2. The molecular weight excluding hydrogens is 1520 g/mol. The summed E-state index contributed by atoms with van der Waals surface area (Å²) < 4.78 is 67.6. The van der Waals surface area contributed by atoms with Crippen molar-refractivity contribution in [3.63, 3.8) is 0 Å². The molecule has 0 saturated carbocycles. The lowest BCUT2D eigenvalue weighted by atomic mass is 9.91. The van der Waals surface area contributed by atoms with Gasteiger partial charge < -0.3 is 179 Å². The van der Waals surface area contributed by atoms with Gasteiger partial charge in [-0.25, -0.2) is 38.4 Å². The molecule has 44 nitrogen and oxygen atoms in total. The van der Waals surface area contributed by atoms with Crippen molar-refractivity contribution in [3.8, 4) is 172 Å². The number of hydrogen-bond donors (Lipinski definition) is 24. The maximum absolute atomic E-state index is 15.5. The van der Waals surface area contributed by atoms with Crippen LogP contribution < -0.4 is 9.47 Å². The molecule has 0 aromatic heterocycles. The average molecular weight is 1570 g/mol. The second-order valence-electron chi connectivity index (χ2n) is 24.4. The number of phenolic OH excluding ortho intramolecular Hbond substituents is 22. The van der Waals surface area contributed by atoms with Crippen LogP contribution >= 0.6 is 0 Å². The number of aliphatic hydroxyl groups excluding tert-OH is 2. The minimum atomic E-state index is -2.94. The van der Waals surface area contributed by atoms with Crippen LogP contribution in [0, 0.1) is 0 Å². The Morgan fingerprint density at radius 2 is 0.554 bits per heavy atom. The van der Waals surface area contributed by atoms with Gasteiger partial charge in [0.25, 0.3) is 0 Å². The fraction of sp³-hybridized carbons (Fsp3) is 0.176. The Labute approximate surface area is 615 Å². The van der Waals surface area contributed by atoms with Crippen molar-refractivity contribution in [1.29, 1.82) is 0 Å². The number of aromatic hydroxyl groups is 22. The first-order chi connectivity index (χ1) is 52.8. The number of fused-ring (bicyclic) bond motifs is 7. The van der Waals surface area contributed by atoms with Crippen molar-refractivity contribution < 1.29 is 218 Å². The summed E-state index contributed by atoms with van der Waals surface area (Å²) in [5.74, 6) is -56.6. The van der Waals surface area contributed by atoms with E-state index < -0.39 is 339 Å². The molecule has 14 rings (SSSR count). The highest BCUT2D eigenvalue weighted by atomic mass is 16.7. The number of cyclic esters (lactones) is 1. The molecule has 2 saturated heterocycles. The number of hydrogen-bond acceptors (Lipinski definition) is 44. The summed E-state index contributed by atoms with van der Waals surface area (Å²) in [5.41, 5.74) is -15.9. The minimum Gasteiger partial charge on any atom is -0.504 e. The minimum absolute atomic E-state index is 0.148. The standard InChI is InChI=1S/C68H48O44/c69-21-1-13(2-22(70)37(21)77)59(91)109-55-53-32-12-102-62(94)17-9-29(43(83)47(87)35(17)34-16(63(95)107-53)6-26(74)40(80)46(34)86)103-51-19(7-27(75)41(81)49(51)89)65(97)112-58-56(110-60(92)14-3-23(71)38(78)24(72)4-14)54-31(105-68(58)100)11-101-61(93)15-5-25(73)39(79)45(85)33(15)36-18(64(96)108-54)10-30(44(84)48(36)88)104-52-20(8-28(76)42(82)50(52)90)66(98)111-57(55)67(99)106-32/h1-10,31-32,53-58,67-90,99-100H,11-12H2/t31-,32+,53+,54-,55+,56+,57+,58-,67+,68-/m1/s1. The smallest absolute Gasteiger partial charge is 0.342 e. The summed E-state index contributed by atoms with van der Waals surface area (Å²) in [6, 6.07) is 2.96. The van der Waals surface area contributed by atoms with Crippen molar-refractivity contribution in [2.75, 3.05) is 13.2 Å². The Morgan fingerprint density at radius 1 is 0.295 bits per heavy atom. The van der Waals surface area contributed by atoms with Crippen LogP contribution in [0.15, 0.2) is 60.7 Å². The topological polar surface area (TPSA) is 733 Å².